The van der Waals surface area contributed by atoms with Crippen molar-refractivity contribution in [3.63, 3.8) is 0 Å². The van der Waals surface area contributed by atoms with Crippen LogP contribution in [-0.2, 0) is 4.79 Å². The van der Waals surface area contributed by atoms with Crippen LogP contribution in [-0.4, -0.2) is 28.3 Å². The van der Waals surface area contributed by atoms with E-state index in [0.717, 1.165) is 33.7 Å². The zero-order valence-electron chi connectivity index (χ0n) is 17.9. The summed E-state index contributed by atoms with van der Waals surface area (Å²) in [7, 11) is 0. The Balaban J connectivity index is 1.58. The van der Waals surface area contributed by atoms with Crippen molar-refractivity contribution in [2.24, 2.45) is 0 Å². The Hall–Kier alpha value is -4.08. The Kier molecular flexibility index (Phi) is 7.03. The average Bonchev–Trinajstić information content (AvgIpc) is 2.84. The Morgan fingerprint density at radius 2 is 1.82 bits per heavy atom. The van der Waals surface area contributed by atoms with Gasteiger partial charge in [-0.15, -0.1) is 11.6 Å². The SMILES string of the molecule is Cc1cc(Nc2nc(C#CCNC(=O)CCl)nc3ccccc23)ccc1Oc1ccccc1. The summed E-state index contributed by atoms with van der Waals surface area (Å²) in [6, 6.07) is 23.2. The second kappa shape index (κ2) is 10.5. The van der Waals surface area contributed by atoms with Crippen molar-refractivity contribution < 1.29 is 9.53 Å². The van der Waals surface area contributed by atoms with Gasteiger partial charge in [0.05, 0.1) is 12.1 Å². The van der Waals surface area contributed by atoms with Crippen molar-refractivity contribution in [1.29, 1.82) is 0 Å². The first-order chi connectivity index (χ1) is 16.1. The maximum atomic E-state index is 11.2. The number of amides is 1. The number of aryl methyl sites for hydroxylation is 1. The van der Waals surface area contributed by atoms with Crippen LogP contribution in [0, 0.1) is 18.8 Å². The number of fused-ring (bicyclic) bond motifs is 1. The first kappa shape index (κ1) is 22.1. The van der Waals surface area contributed by atoms with E-state index in [-0.39, 0.29) is 18.3 Å². The van der Waals surface area contributed by atoms with E-state index in [1.165, 1.54) is 0 Å². The molecule has 0 fully saturated rings. The molecule has 1 heterocycles. The van der Waals surface area contributed by atoms with Gasteiger partial charge in [-0.25, -0.2) is 9.97 Å². The summed E-state index contributed by atoms with van der Waals surface area (Å²) in [5.41, 5.74) is 2.62. The maximum absolute atomic E-state index is 11.2. The Morgan fingerprint density at radius 1 is 1.03 bits per heavy atom. The smallest absolute Gasteiger partial charge is 0.235 e. The van der Waals surface area contributed by atoms with Crippen LogP contribution < -0.4 is 15.4 Å². The number of hydrogen-bond acceptors (Lipinski definition) is 5. The fraction of sp³-hybridized carbons (Fsp3) is 0.115. The predicted molar refractivity (Wildman–Crippen MR) is 131 cm³/mol. The molecule has 0 saturated heterocycles. The van der Waals surface area contributed by atoms with Gasteiger partial charge in [-0.3, -0.25) is 4.79 Å². The second-order valence-corrected chi connectivity index (χ2v) is 7.41. The summed E-state index contributed by atoms with van der Waals surface area (Å²) < 4.78 is 5.97. The molecule has 33 heavy (non-hydrogen) atoms. The van der Waals surface area contributed by atoms with Crippen LogP contribution in [0.25, 0.3) is 10.9 Å². The Bertz CT molecular complexity index is 1350. The van der Waals surface area contributed by atoms with Crippen molar-refractivity contribution in [2.75, 3.05) is 17.7 Å². The number of carbonyl (C=O) groups is 1. The van der Waals surface area contributed by atoms with E-state index in [1.807, 2.05) is 79.7 Å². The Labute approximate surface area is 197 Å². The summed E-state index contributed by atoms with van der Waals surface area (Å²) in [5.74, 6) is 7.95. The number of para-hydroxylation sites is 2. The van der Waals surface area contributed by atoms with Crippen LogP contribution >= 0.6 is 11.6 Å². The van der Waals surface area contributed by atoms with Crippen LogP contribution in [0.1, 0.15) is 11.4 Å². The second-order valence-electron chi connectivity index (χ2n) is 7.15. The zero-order chi connectivity index (χ0) is 23.0. The molecule has 0 atom stereocenters. The van der Waals surface area contributed by atoms with Crippen molar-refractivity contribution in [3.05, 3.63) is 84.2 Å². The highest BCUT2D eigenvalue weighted by molar-refractivity contribution is 6.27. The van der Waals surface area contributed by atoms with Crippen LogP contribution in [0.4, 0.5) is 11.5 Å². The number of benzene rings is 3. The number of halogens is 1. The van der Waals surface area contributed by atoms with Gasteiger partial charge in [-0.1, -0.05) is 36.3 Å². The minimum absolute atomic E-state index is 0.100. The lowest BCUT2D eigenvalue weighted by molar-refractivity contribution is -0.118. The lowest BCUT2D eigenvalue weighted by Gasteiger charge is -2.13. The number of ether oxygens (including phenoxy) is 1. The summed E-state index contributed by atoms with van der Waals surface area (Å²) in [6.45, 7) is 2.17. The maximum Gasteiger partial charge on any atom is 0.235 e. The van der Waals surface area contributed by atoms with Gasteiger partial charge < -0.3 is 15.4 Å². The first-order valence-corrected chi connectivity index (χ1v) is 10.8. The van der Waals surface area contributed by atoms with E-state index in [0.29, 0.717) is 11.6 Å². The first-order valence-electron chi connectivity index (χ1n) is 10.3. The third kappa shape index (κ3) is 5.79. The fourth-order valence-corrected chi connectivity index (χ4v) is 3.23. The molecule has 1 aromatic heterocycles. The highest BCUT2D eigenvalue weighted by Crippen LogP contribution is 2.29. The number of nitrogens with one attached hydrogen (secondary N) is 2. The van der Waals surface area contributed by atoms with Crippen LogP contribution in [0.15, 0.2) is 72.8 Å². The standard InChI is InChI=1S/C26H21ClN4O2/c1-18-16-19(13-14-23(18)33-20-8-3-2-4-9-20)29-26-21-10-5-6-11-22(21)30-24(31-26)12-7-15-28-25(32)17-27/h2-6,8-11,13-14,16H,15,17H2,1H3,(H,28,32)(H,29,30,31). The van der Waals surface area contributed by atoms with Gasteiger partial charge in [0.15, 0.2) is 0 Å². The normalized spacial score (nSPS) is 10.2. The number of rotatable bonds is 6. The molecule has 1 amide bonds. The van der Waals surface area contributed by atoms with Gasteiger partial charge in [0.1, 0.15) is 23.2 Å². The van der Waals surface area contributed by atoms with Crippen LogP contribution in [0.3, 0.4) is 0 Å². The number of nitrogens with zero attached hydrogens (tertiary/aromatic N) is 2. The van der Waals surface area contributed by atoms with Gasteiger partial charge in [0.2, 0.25) is 11.7 Å². The molecule has 0 unspecified atom stereocenters. The van der Waals surface area contributed by atoms with Crippen molar-refractivity contribution >= 4 is 39.9 Å². The van der Waals surface area contributed by atoms with E-state index in [9.17, 15) is 4.79 Å². The van der Waals surface area contributed by atoms with Gasteiger partial charge in [-0.2, -0.15) is 0 Å². The topological polar surface area (TPSA) is 76.1 Å². The largest absolute Gasteiger partial charge is 0.457 e. The molecule has 7 heteroatoms. The van der Waals surface area contributed by atoms with Crippen molar-refractivity contribution in [1.82, 2.24) is 15.3 Å². The van der Waals surface area contributed by atoms with Gasteiger partial charge in [0.25, 0.3) is 0 Å². The molecule has 0 saturated carbocycles. The number of anilines is 2. The predicted octanol–water partition coefficient (Wildman–Crippen LogP) is 5.18. The molecule has 3 aromatic carbocycles. The highest BCUT2D eigenvalue weighted by Gasteiger charge is 2.09. The summed E-state index contributed by atoms with van der Waals surface area (Å²) in [5, 5.41) is 6.85. The van der Waals surface area contributed by atoms with Crippen molar-refractivity contribution in [2.45, 2.75) is 6.92 Å². The molecule has 0 aliphatic carbocycles. The van der Waals surface area contributed by atoms with Gasteiger partial charge in [-0.05, 0) is 60.9 Å². The monoisotopic (exact) mass is 456 g/mol. The zero-order valence-corrected chi connectivity index (χ0v) is 18.7. The van der Waals surface area contributed by atoms with E-state index in [4.69, 9.17) is 16.3 Å². The molecule has 2 N–H and O–H groups in total. The van der Waals surface area contributed by atoms with E-state index in [1.54, 1.807) is 0 Å². The minimum Gasteiger partial charge on any atom is -0.457 e. The molecule has 0 aliphatic rings. The number of aromatic nitrogens is 2. The summed E-state index contributed by atoms with van der Waals surface area (Å²) in [6.07, 6.45) is 0. The lowest BCUT2D eigenvalue weighted by Crippen LogP contribution is -2.24. The van der Waals surface area contributed by atoms with Gasteiger partial charge >= 0.3 is 0 Å². The third-order valence-corrected chi connectivity index (χ3v) is 4.95. The number of carbonyl (C=O) groups excluding carboxylic acids is 1. The molecule has 0 radical (unpaired) electrons. The number of hydrogen-bond donors (Lipinski definition) is 2. The average molecular weight is 457 g/mol. The minimum atomic E-state index is -0.275. The van der Waals surface area contributed by atoms with E-state index in [2.05, 4.69) is 32.4 Å². The quantitative estimate of drug-likeness (QED) is 0.309. The Morgan fingerprint density at radius 3 is 2.61 bits per heavy atom. The van der Waals surface area contributed by atoms with Crippen LogP contribution in [0.2, 0.25) is 0 Å². The molecule has 4 aromatic rings. The fourth-order valence-electron chi connectivity index (χ4n) is 3.13. The van der Waals surface area contributed by atoms with Gasteiger partial charge in [0, 0.05) is 11.1 Å². The molecular formula is C26H21ClN4O2. The molecule has 0 spiro atoms. The van der Waals surface area contributed by atoms with Crippen molar-refractivity contribution in [3.8, 4) is 23.3 Å². The summed E-state index contributed by atoms with van der Waals surface area (Å²) in [4.78, 5) is 20.3. The van der Waals surface area contributed by atoms with Crippen LogP contribution in [0.5, 0.6) is 11.5 Å². The van der Waals surface area contributed by atoms with E-state index < -0.39 is 0 Å². The molecule has 0 aliphatic heterocycles. The molecular weight excluding hydrogens is 436 g/mol. The van der Waals surface area contributed by atoms with E-state index >= 15 is 0 Å². The molecule has 4 rings (SSSR count). The molecule has 6 nitrogen and oxygen atoms in total. The summed E-state index contributed by atoms with van der Waals surface area (Å²) >= 11 is 5.47. The third-order valence-electron chi connectivity index (χ3n) is 4.71. The highest BCUT2D eigenvalue weighted by atomic mass is 35.5. The molecule has 164 valence electrons. The molecule has 0 bridgehead atoms. The number of alkyl halides is 1. The lowest BCUT2D eigenvalue weighted by atomic mass is 10.2.